The minimum Gasteiger partial charge on any atom is -0.454 e. The molecule has 1 aromatic heterocycles. The van der Waals surface area contributed by atoms with Gasteiger partial charge in [-0.3, -0.25) is 9.59 Å². The van der Waals surface area contributed by atoms with Crippen molar-refractivity contribution < 1.29 is 19.1 Å². The molecule has 3 aromatic rings. The Hall–Kier alpha value is -3.30. The number of nitrogen functional groups attached to an aromatic ring is 1. The van der Waals surface area contributed by atoms with Crippen LogP contribution in [0.2, 0.25) is 5.02 Å². The van der Waals surface area contributed by atoms with Gasteiger partial charge in [0.05, 0.1) is 17.1 Å². The number of aryl methyl sites for hydroxylation is 1. The molecular weight excluding hydrogens is 464 g/mol. The van der Waals surface area contributed by atoms with Gasteiger partial charge in [0.1, 0.15) is 5.82 Å². The molecule has 170 valence electrons. The third kappa shape index (κ3) is 5.04. The zero-order valence-electron chi connectivity index (χ0n) is 18.0. The summed E-state index contributed by atoms with van der Waals surface area (Å²) in [5, 5.41) is 3.79. The van der Waals surface area contributed by atoms with E-state index in [2.05, 4.69) is 15.3 Å². The Labute approximate surface area is 199 Å². The average molecular weight is 485 g/mol. The zero-order chi connectivity index (χ0) is 23.5. The van der Waals surface area contributed by atoms with E-state index < -0.39 is 0 Å². The molecule has 33 heavy (non-hydrogen) atoms. The Morgan fingerprint density at radius 1 is 1.15 bits per heavy atom. The van der Waals surface area contributed by atoms with Gasteiger partial charge < -0.3 is 20.5 Å². The molecule has 1 aliphatic heterocycles. The first kappa shape index (κ1) is 22.9. The largest absolute Gasteiger partial charge is 0.454 e. The number of nitrogens with zero attached hydrogens (tertiary/aromatic N) is 2. The summed E-state index contributed by atoms with van der Waals surface area (Å²) in [4.78, 5) is 33.6. The maximum Gasteiger partial charge on any atom is 0.234 e. The molecule has 0 saturated heterocycles. The third-order valence-corrected chi connectivity index (χ3v) is 6.06. The normalized spacial score (nSPS) is 12.0. The molecule has 1 amide bonds. The quantitative estimate of drug-likeness (QED) is 0.284. The molecule has 1 aliphatic rings. The molecule has 0 bridgehead atoms. The summed E-state index contributed by atoms with van der Waals surface area (Å²) in [6.45, 7) is 3.48. The number of nitrogens with one attached hydrogen (secondary N) is 1. The van der Waals surface area contributed by atoms with E-state index in [0.29, 0.717) is 45.2 Å². The number of nitrogens with two attached hydrogens (primary N) is 1. The van der Waals surface area contributed by atoms with E-state index in [1.165, 1.54) is 6.92 Å². The lowest BCUT2D eigenvalue weighted by molar-refractivity contribution is -0.113. The molecule has 0 unspecified atom stereocenters. The fraction of sp³-hybridized carbons (Fsp3) is 0.217. The van der Waals surface area contributed by atoms with Crippen LogP contribution in [-0.2, 0) is 11.2 Å². The lowest BCUT2D eigenvalue weighted by atomic mass is 10.0. The number of rotatable bonds is 7. The van der Waals surface area contributed by atoms with Gasteiger partial charge in [-0.05, 0) is 37.1 Å². The Kier molecular flexibility index (Phi) is 6.71. The summed E-state index contributed by atoms with van der Waals surface area (Å²) in [6.07, 6.45) is 0.642. The molecular formula is C23H21ClN4O4S. The number of ether oxygens (including phenoxy) is 2. The summed E-state index contributed by atoms with van der Waals surface area (Å²) in [5.41, 5.74) is 9.37. The number of hydrogen-bond acceptors (Lipinski definition) is 8. The Bertz CT molecular complexity index is 1230. The van der Waals surface area contributed by atoms with Gasteiger partial charge >= 0.3 is 0 Å². The van der Waals surface area contributed by atoms with E-state index >= 15 is 0 Å². The standard InChI is InChI=1S/C23H21ClN4O4S/c1-3-16-21(13-4-6-14(24)7-5-13)22(25)28-23(27-16)33-10-20(30)26-17-9-19-18(31-11-32-19)8-15(17)12(2)29/h4-9H,3,10-11H2,1-2H3,(H,26,30)(H2,25,27,28). The van der Waals surface area contributed by atoms with Crippen molar-refractivity contribution in [3.8, 4) is 22.6 Å². The second kappa shape index (κ2) is 9.68. The maximum absolute atomic E-state index is 12.6. The van der Waals surface area contributed by atoms with Gasteiger partial charge in [-0.2, -0.15) is 0 Å². The van der Waals surface area contributed by atoms with Gasteiger partial charge in [-0.25, -0.2) is 9.97 Å². The lowest BCUT2D eigenvalue weighted by Crippen LogP contribution is -2.16. The smallest absolute Gasteiger partial charge is 0.234 e. The molecule has 4 rings (SSSR count). The molecule has 0 aliphatic carbocycles. The third-order valence-electron chi connectivity index (χ3n) is 4.96. The predicted octanol–water partition coefficient (Wildman–Crippen LogP) is 4.60. The van der Waals surface area contributed by atoms with Gasteiger partial charge in [-0.15, -0.1) is 0 Å². The first-order chi connectivity index (χ1) is 15.9. The SMILES string of the molecule is CCc1nc(SCC(=O)Nc2cc3c(cc2C(C)=O)OCO3)nc(N)c1-c1ccc(Cl)cc1. The fourth-order valence-electron chi connectivity index (χ4n) is 3.41. The van der Waals surface area contributed by atoms with Crippen LogP contribution in [-0.4, -0.2) is 34.2 Å². The summed E-state index contributed by atoms with van der Waals surface area (Å²) in [7, 11) is 0. The number of carbonyl (C=O) groups is 2. The Balaban J connectivity index is 1.49. The number of benzene rings is 2. The Morgan fingerprint density at radius 3 is 2.52 bits per heavy atom. The average Bonchev–Trinajstić information content (AvgIpc) is 3.25. The molecule has 3 N–H and O–H groups in total. The van der Waals surface area contributed by atoms with E-state index in [-0.39, 0.29) is 24.2 Å². The van der Waals surface area contributed by atoms with E-state index in [1.54, 1.807) is 24.3 Å². The van der Waals surface area contributed by atoms with E-state index in [4.69, 9.17) is 26.8 Å². The fourth-order valence-corrected chi connectivity index (χ4v) is 4.20. The van der Waals surface area contributed by atoms with Crippen molar-refractivity contribution in [1.29, 1.82) is 0 Å². The number of ketones is 1. The van der Waals surface area contributed by atoms with Crippen molar-refractivity contribution in [2.75, 3.05) is 23.6 Å². The second-order valence-electron chi connectivity index (χ2n) is 7.22. The number of hydrogen-bond donors (Lipinski definition) is 2. The van der Waals surface area contributed by atoms with Crippen molar-refractivity contribution >= 4 is 46.6 Å². The second-order valence-corrected chi connectivity index (χ2v) is 8.60. The molecule has 0 atom stereocenters. The molecule has 0 fully saturated rings. The highest BCUT2D eigenvalue weighted by molar-refractivity contribution is 7.99. The number of anilines is 2. The monoisotopic (exact) mass is 484 g/mol. The van der Waals surface area contributed by atoms with Crippen molar-refractivity contribution in [3.05, 3.63) is 52.7 Å². The number of fused-ring (bicyclic) bond motifs is 1. The highest BCUT2D eigenvalue weighted by atomic mass is 35.5. The van der Waals surface area contributed by atoms with Crippen LogP contribution in [0.1, 0.15) is 29.9 Å². The van der Waals surface area contributed by atoms with Crippen LogP contribution in [0.25, 0.3) is 11.1 Å². The summed E-state index contributed by atoms with van der Waals surface area (Å²) >= 11 is 7.15. The molecule has 10 heteroatoms. The molecule has 8 nitrogen and oxygen atoms in total. The number of amides is 1. The zero-order valence-corrected chi connectivity index (χ0v) is 19.5. The van der Waals surface area contributed by atoms with Gasteiger partial charge in [0.25, 0.3) is 0 Å². The molecule has 0 radical (unpaired) electrons. The van der Waals surface area contributed by atoms with Crippen LogP contribution >= 0.6 is 23.4 Å². The van der Waals surface area contributed by atoms with Gasteiger partial charge in [0, 0.05) is 22.2 Å². The van der Waals surface area contributed by atoms with E-state index in [0.717, 1.165) is 28.6 Å². The minimum absolute atomic E-state index is 0.0364. The maximum atomic E-state index is 12.6. The van der Waals surface area contributed by atoms with Gasteiger partial charge in [0.2, 0.25) is 12.7 Å². The van der Waals surface area contributed by atoms with Crippen molar-refractivity contribution in [2.45, 2.75) is 25.4 Å². The first-order valence-electron chi connectivity index (χ1n) is 10.1. The predicted molar refractivity (Wildman–Crippen MR) is 128 cm³/mol. The number of carbonyl (C=O) groups excluding carboxylic acids is 2. The van der Waals surface area contributed by atoms with Crippen LogP contribution < -0.4 is 20.5 Å². The van der Waals surface area contributed by atoms with E-state index in [1.807, 2.05) is 19.1 Å². The van der Waals surface area contributed by atoms with E-state index in [9.17, 15) is 9.59 Å². The molecule has 2 aromatic carbocycles. The number of aromatic nitrogens is 2. The summed E-state index contributed by atoms with van der Waals surface area (Å²) in [6, 6.07) is 10.5. The number of Topliss-reactive ketones (excluding diaryl/α,β-unsaturated/α-hetero) is 1. The van der Waals surface area contributed by atoms with Crippen LogP contribution in [0.5, 0.6) is 11.5 Å². The van der Waals surface area contributed by atoms with Crippen LogP contribution in [0.4, 0.5) is 11.5 Å². The lowest BCUT2D eigenvalue weighted by Gasteiger charge is -2.13. The van der Waals surface area contributed by atoms with Crippen LogP contribution in [0, 0.1) is 0 Å². The Morgan fingerprint density at radius 2 is 1.85 bits per heavy atom. The molecule has 0 spiro atoms. The van der Waals surface area contributed by atoms with Crippen molar-refractivity contribution in [2.24, 2.45) is 0 Å². The van der Waals surface area contributed by atoms with Crippen LogP contribution in [0.3, 0.4) is 0 Å². The number of thioether (sulfide) groups is 1. The van der Waals surface area contributed by atoms with Crippen molar-refractivity contribution in [3.63, 3.8) is 0 Å². The first-order valence-corrected chi connectivity index (χ1v) is 11.5. The topological polar surface area (TPSA) is 116 Å². The highest BCUT2D eigenvalue weighted by Crippen LogP contribution is 2.37. The van der Waals surface area contributed by atoms with Gasteiger partial charge in [0.15, 0.2) is 22.4 Å². The minimum atomic E-state index is -0.316. The summed E-state index contributed by atoms with van der Waals surface area (Å²) in [5.74, 6) is 0.811. The van der Waals surface area contributed by atoms with Gasteiger partial charge in [-0.1, -0.05) is 42.4 Å². The molecule has 0 saturated carbocycles. The van der Waals surface area contributed by atoms with Crippen molar-refractivity contribution in [1.82, 2.24) is 9.97 Å². The number of halogens is 1. The summed E-state index contributed by atoms with van der Waals surface area (Å²) < 4.78 is 10.7. The highest BCUT2D eigenvalue weighted by Gasteiger charge is 2.21. The van der Waals surface area contributed by atoms with Crippen LogP contribution in [0.15, 0.2) is 41.6 Å². The molecule has 2 heterocycles.